The summed E-state index contributed by atoms with van der Waals surface area (Å²) in [5.74, 6) is 0. The fourth-order valence-corrected chi connectivity index (χ4v) is 4.67. The second-order valence-corrected chi connectivity index (χ2v) is 9.26. The molecular weight excluding hydrogens is 412 g/mol. The monoisotopic (exact) mass is 440 g/mol. The number of aromatic nitrogens is 4. The van der Waals surface area contributed by atoms with Crippen LogP contribution in [0.1, 0.15) is 36.8 Å². The number of likely N-dealkylation sites (N-methyl/N-ethyl adjacent to an activating group) is 1. The molecular formula is C22H28N6O2S. The number of ether oxygens (including phenoxy) is 1. The van der Waals surface area contributed by atoms with Gasteiger partial charge in [-0.15, -0.1) is 0 Å². The lowest BCUT2D eigenvalue weighted by Crippen LogP contribution is -2.22. The minimum Gasteiger partial charge on any atom is -0.448 e. The number of carbonyl (C=O) groups excluding carboxylic acids is 1. The van der Waals surface area contributed by atoms with E-state index in [1.165, 1.54) is 16.9 Å². The Kier molecular flexibility index (Phi) is 6.06. The first-order valence-corrected chi connectivity index (χ1v) is 11.3. The Balaban J connectivity index is 1.64. The van der Waals surface area contributed by atoms with Crippen molar-refractivity contribution in [1.29, 1.82) is 0 Å². The lowest BCUT2D eigenvalue weighted by Gasteiger charge is -2.15. The maximum Gasteiger partial charge on any atom is 0.413 e. The van der Waals surface area contributed by atoms with E-state index in [2.05, 4.69) is 39.9 Å². The fourth-order valence-electron chi connectivity index (χ4n) is 3.61. The molecule has 0 fully saturated rings. The van der Waals surface area contributed by atoms with Crippen LogP contribution in [0.5, 0.6) is 0 Å². The number of pyridine rings is 1. The molecule has 3 aromatic rings. The van der Waals surface area contributed by atoms with Crippen molar-refractivity contribution >= 4 is 22.6 Å². The summed E-state index contributed by atoms with van der Waals surface area (Å²) < 4.78 is 7.31. The van der Waals surface area contributed by atoms with E-state index in [1.807, 2.05) is 38.2 Å². The molecule has 1 aliphatic carbocycles. The van der Waals surface area contributed by atoms with Crippen LogP contribution in [0.2, 0.25) is 0 Å². The van der Waals surface area contributed by atoms with Gasteiger partial charge in [-0.3, -0.25) is 15.0 Å². The Morgan fingerprint density at radius 2 is 2.13 bits per heavy atom. The summed E-state index contributed by atoms with van der Waals surface area (Å²) in [4.78, 5) is 24.3. The molecule has 4 rings (SSSR count). The predicted octanol–water partition coefficient (Wildman–Crippen LogP) is 4.17. The van der Waals surface area contributed by atoms with Crippen molar-refractivity contribution in [2.75, 3.05) is 32.6 Å². The quantitative estimate of drug-likeness (QED) is 0.619. The van der Waals surface area contributed by atoms with E-state index in [9.17, 15) is 4.79 Å². The average Bonchev–Trinajstić information content (AvgIpc) is 3.29. The van der Waals surface area contributed by atoms with Gasteiger partial charge >= 0.3 is 6.09 Å². The highest BCUT2D eigenvalue weighted by Gasteiger charge is 2.30. The third-order valence-corrected chi connectivity index (χ3v) is 6.21. The van der Waals surface area contributed by atoms with Crippen molar-refractivity contribution in [3.63, 3.8) is 0 Å². The molecule has 0 bridgehead atoms. The molecule has 0 atom stereocenters. The van der Waals surface area contributed by atoms with Crippen molar-refractivity contribution < 1.29 is 9.53 Å². The van der Waals surface area contributed by atoms with Crippen LogP contribution in [0.25, 0.3) is 21.8 Å². The third-order valence-electron chi connectivity index (χ3n) is 5.19. The van der Waals surface area contributed by atoms with E-state index in [0.717, 1.165) is 46.1 Å². The number of anilines is 1. The lowest BCUT2D eigenvalue weighted by atomic mass is 9.95. The molecule has 3 heterocycles. The van der Waals surface area contributed by atoms with E-state index in [0.29, 0.717) is 18.3 Å². The Morgan fingerprint density at radius 3 is 2.81 bits per heavy atom. The number of carbonyl (C=O) groups is 1. The molecule has 0 saturated heterocycles. The van der Waals surface area contributed by atoms with Gasteiger partial charge in [0, 0.05) is 35.6 Å². The van der Waals surface area contributed by atoms with Gasteiger partial charge in [-0.2, -0.15) is 5.10 Å². The number of rotatable bonds is 6. The Labute approximate surface area is 186 Å². The number of aryl methyl sites for hydroxylation is 2. The van der Waals surface area contributed by atoms with Crippen LogP contribution in [0.3, 0.4) is 0 Å². The van der Waals surface area contributed by atoms with Gasteiger partial charge in [-0.1, -0.05) is 11.3 Å². The second kappa shape index (κ2) is 8.76. The van der Waals surface area contributed by atoms with Crippen LogP contribution in [0.15, 0.2) is 18.3 Å². The van der Waals surface area contributed by atoms with Gasteiger partial charge in [-0.25, -0.2) is 9.78 Å². The first-order valence-electron chi connectivity index (χ1n) is 10.5. The first-order chi connectivity index (χ1) is 14.8. The highest BCUT2D eigenvalue weighted by Crippen LogP contribution is 2.44. The minimum atomic E-state index is -0.475. The SMILES string of the molecule is Cc1ccc(-c2nn(C(C)C)c3c2CCc2nc(NC(=O)OCCN(C)C)sc2-3)cn1. The zero-order valence-electron chi connectivity index (χ0n) is 18.6. The molecule has 3 aromatic heterocycles. The van der Waals surface area contributed by atoms with Crippen LogP contribution in [0, 0.1) is 6.92 Å². The van der Waals surface area contributed by atoms with Gasteiger partial charge in [0.15, 0.2) is 5.13 Å². The van der Waals surface area contributed by atoms with Crippen LogP contribution in [0.4, 0.5) is 9.93 Å². The highest BCUT2D eigenvalue weighted by molar-refractivity contribution is 7.19. The fraction of sp³-hybridized carbons (Fsp3) is 0.455. The Bertz CT molecular complexity index is 1080. The van der Waals surface area contributed by atoms with Crippen molar-refractivity contribution in [1.82, 2.24) is 24.6 Å². The van der Waals surface area contributed by atoms with E-state index < -0.39 is 6.09 Å². The zero-order valence-corrected chi connectivity index (χ0v) is 19.4. The maximum absolute atomic E-state index is 12.1. The molecule has 31 heavy (non-hydrogen) atoms. The topological polar surface area (TPSA) is 85.2 Å². The Hall–Kier alpha value is -2.78. The van der Waals surface area contributed by atoms with Crippen molar-refractivity contribution in [3.05, 3.63) is 35.3 Å². The summed E-state index contributed by atoms with van der Waals surface area (Å²) in [6.07, 6.45) is 3.08. The normalized spacial score (nSPS) is 12.7. The summed E-state index contributed by atoms with van der Waals surface area (Å²) in [6.45, 7) is 7.25. The number of fused-ring (bicyclic) bond motifs is 3. The molecule has 1 N–H and O–H groups in total. The van der Waals surface area contributed by atoms with Crippen molar-refractivity contribution in [3.8, 4) is 21.8 Å². The molecule has 0 aromatic carbocycles. The largest absolute Gasteiger partial charge is 0.448 e. The summed E-state index contributed by atoms with van der Waals surface area (Å²) in [5.41, 5.74) is 6.30. The molecule has 0 unspecified atom stereocenters. The summed E-state index contributed by atoms with van der Waals surface area (Å²) in [5, 5.41) is 8.30. The number of nitrogens with one attached hydrogen (secondary N) is 1. The first kappa shape index (κ1) is 21.5. The van der Waals surface area contributed by atoms with Crippen LogP contribution < -0.4 is 5.32 Å². The molecule has 0 spiro atoms. The van der Waals surface area contributed by atoms with Crippen molar-refractivity contribution in [2.24, 2.45) is 0 Å². The zero-order chi connectivity index (χ0) is 22.1. The molecule has 0 radical (unpaired) electrons. The van der Waals surface area contributed by atoms with E-state index in [1.54, 1.807) is 0 Å². The van der Waals surface area contributed by atoms with E-state index >= 15 is 0 Å². The maximum atomic E-state index is 12.1. The number of amides is 1. The average molecular weight is 441 g/mol. The van der Waals surface area contributed by atoms with Crippen LogP contribution in [-0.2, 0) is 17.6 Å². The standard InChI is InChI=1S/C22H28N6O2S/c1-13(2)28-19-16(18(26-28)15-7-6-14(3)23-12-15)8-9-17-20(19)31-21(24-17)25-22(29)30-11-10-27(4)5/h6-7,12-13H,8-11H2,1-5H3,(H,24,25,29). The van der Waals surface area contributed by atoms with Gasteiger partial charge < -0.3 is 9.64 Å². The number of thiazole rings is 1. The summed E-state index contributed by atoms with van der Waals surface area (Å²) in [7, 11) is 3.87. The van der Waals surface area contributed by atoms with Gasteiger partial charge in [-0.05, 0) is 59.8 Å². The minimum absolute atomic E-state index is 0.196. The molecule has 9 heteroatoms. The molecule has 164 valence electrons. The number of hydrogen-bond donors (Lipinski definition) is 1. The smallest absolute Gasteiger partial charge is 0.413 e. The van der Waals surface area contributed by atoms with Gasteiger partial charge in [0.1, 0.15) is 6.61 Å². The van der Waals surface area contributed by atoms with Crippen LogP contribution >= 0.6 is 11.3 Å². The Morgan fingerprint density at radius 1 is 1.32 bits per heavy atom. The number of nitrogens with zero attached hydrogens (tertiary/aromatic N) is 5. The predicted molar refractivity (Wildman–Crippen MR) is 123 cm³/mol. The van der Waals surface area contributed by atoms with E-state index in [-0.39, 0.29) is 6.04 Å². The summed E-state index contributed by atoms with van der Waals surface area (Å²) >= 11 is 1.48. The molecule has 1 amide bonds. The molecule has 0 saturated carbocycles. The molecule has 1 aliphatic rings. The molecule has 8 nitrogen and oxygen atoms in total. The van der Waals surface area contributed by atoms with Crippen LogP contribution in [-0.4, -0.2) is 58.0 Å². The lowest BCUT2D eigenvalue weighted by molar-refractivity contribution is 0.151. The van der Waals surface area contributed by atoms with Gasteiger partial charge in [0.05, 0.1) is 22.0 Å². The molecule has 0 aliphatic heterocycles. The third kappa shape index (κ3) is 4.47. The highest BCUT2D eigenvalue weighted by atomic mass is 32.1. The summed E-state index contributed by atoms with van der Waals surface area (Å²) in [6, 6.07) is 4.29. The second-order valence-electron chi connectivity index (χ2n) is 8.26. The van der Waals surface area contributed by atoms with Gasteiger partial charge in [0.25, 0.3) is 0 Å². The van der Waals surface area contributed by atoms with Crippen molar-refractivity contribution in [2.45, 2.75) is 39.7 Å². The van der Waals surface area contributed by atoms with Gasteiger partial charge in [0.2, 0.25) is 0 Å². The number of hydrogen-bond acceptors (Lipinski definition) is 7. The van der Waals surface area contributed by atoms with E-state index in [4.69, 9.17) is 9.84 Å².